The third-order valence-electron chi connectivity index (χ3n) is 4.56. The molecule has 1 aliphatic rings. The van der Waals surface area contributed by atoms with Crippen LogP contribution in [0.4, 0.5) is 0 Å². The van der Waals surface area contributed by atoms with Crippen molar-refractivity contribution in [2.45, 2.75) is 24.7 Å². The van der Waals surface area contributed by atoms with Gasteiger partial charge in [-0.1, -0.05) is 37.0 Å². The van der Waals surface area contributed by atoms with Crippen LogP contribution < -0.4 is 4.74 Å². The van der Waals surface area contributed by atoms with E-state index in [-0.39, 0.29) is 37.7 Å². The van der Waals surface area contributed by atoms with Gasteiger partial charge in [-0.3, -0.25) is 4.79 Å². The van der Waals surface area contributed by atoms with Crippen LogP contribution in [0.2, 0.25) is 10.0 Å². The van der Waals surface area contributed by atoms with E-state index in [1.54, 1.807) is 6.07 Å². The number of halogens is 2. The molecule has 8 nitrogen and oxygen atoms in total. The summed E-state index contributed by atoms with van der Waals surface area (Å²) in [6.45, 7) is 2.73. The molecule has 0 saturated heterocycles. The lowest BCUT2D eigenvalue weighted by molar-refractivity contribution is 0.0357. The Morgan fingerprint density at radius 2 is 1.90 bits per heavy atom. The number of hydrogen-bond acceptors (Lipinski definition) is 7. The number of amides is 1. The van der Waals surface area contributed by atoms with E-state index in [1.165, 1.54) is 25.3 Å². The summed E-state index contributed by atoms with van der Waals surface area (Å²) < 4.78 is 36.5. The van der Waals surface area contributed by atoms with Crippen LogP contribution in [-0.4, -0.2) is 43.5 Å². The van der Waals surface area contributed by atoms with Gasteiger partial charge in [0.25, 0.3) is 15.9 Å². The zero-order valence-corrected chi connectivity index (χ0v) is 18.4. The smallest absolute Gasteiger partial charge is 0.343 e. The Morgan fingerprint density at radius 3 is 2.50 bits per heavy atom. The van der Waals surface area contributed by atoms with E-state index >= 15 is 0 Å². The molecule has 0 aromatic heterocycles. The Balaban J connectivity index is 1.95. The van der Waals surface area contributed by atoms with E-state index in [0.717, 1.165) is 0 Å². The topological polar surface area (TPSA) is 110 Å². The number of aromatic hydroxyl groups is 1. The lowest BCUT2D eigenvalue weighted by Gasteiger charge is -2.16. The predicted molar refractivity (Wildman–Crippen MR) is 109 cm³/mol. The maximum absolute atomic E-state index is 12.9. The molecule has 0 radical (unpaired) electrons. The van der Waals surface area contributed by atoms with E-state index in [2.05, 4.69) is 0 Å². The molecule has 3 rings (SSSR count). The lowest BCUT2D eigenvalue weighted by atomic mass is 9.96. The molecule has 30 heavy (non-hydrogen) atoms. The Labute approximate surface area is 183 Å². The number of sulfonamides is 1. The molecule has 0 atom stereocenters. The number of phenolic OH excluding ortho intramolecular Hbond substituents is 1. The van der Waals surface area contributed by atoms with Gasteiger partial charge >= 0.3 is 5.97 Å². The zero-order chi connectivity index (χ0) is 22.4. The summed E-state index contributed by atoms with van der Waals surface area (Å²) in [6, 6.07) is 5.26. The first-order chi connectivity index (χ1) is 14.0. The summed E-state index contributed by atoms with van der Waals surface area (Å²) in [7, 11) is -2.89. The van der Waals surface area contributed by atoms with Crippen molar-refractivity contribution in [3.05, 3.63) is 51.0 Å². The maximum Gasteiger partial charge on any atom is 0.343 e. The van der Waals surface area contributed by atoms with E-state index in [4.69, 9.17) is 32.7 Å². The van der Waals surface area contributed by atoms with Gasteiger partial charge in [-0.05, 0) is 29.7 Å². The number of phenols is 1. The van der Waals surface area contributed by atoms with Crippen LogP contribution >= 0.6 is 23.2 Å². The number of carbonyl (C=O) groups is 2. The van der Waals surface area contributed by atoms with Crippen LogP contribution in [0.1, 0.15) is 46.0 Å². The Hall–Kier alpha value is -2.49. The highest BCUT2D eigenvalue weighted by molar-refractivity contribution is 7.90. The van der Waals surface area contributed by atoms with Crippen molar-refractivity contribution in [1.82, 2.24) is 4.31 Å². The number of ether oxygens (including phenoxy) is 2. The molecule has 1 heterocycles. The van der Waals surface area contributed by atoms with E-state index in [1.807, 2.05) is 13.8 Å². The molecule has 11 heteroatoms. The average molecular weight is 474 g/mol. The van der Waals surface area contributed by atoms with Gasteiger partial charge in [0.15, 0.2) is 6.73 Å². The number of hydrogen-bond donors (Lipinski definition) is 1. The third-order valence-corrected chi connectivity index (χ3v) is 6.99. The number of benzene rings is 2. The molecule has 1 aliphatic heterocycles. The van der Waals surface area contributed by atoms with Gasteiger partial charge in [-0.15, -0.1) is 0 Å². The number of esters is 1. The zero-order valence-electron chi connectivity index (χ0n) is 16.1. The van der Waals surface area contributed by atoms with Crippen molar-refractivity contribution in [1.29, 1.82) is 0 Å². The van der Waals surface area contributed by atoms with Crippen molar-refractivity contribution >= 4 is 45.1 Å². The van der Waals surface area contributed by atoms with E-state index in [0.29, 0.717) is 9.87 Å². The summed E-state index contributed by atoms with van der Waals surface area (Å²) in [5, 5.41) is 9.21. The molecule has 160 valence electrons. The van der Waals surface area contributed by atoms with Crippen LogP contribution in [0, 0.1) is 0 Å². The second kappa shape index (κ2) is 7.98. The van der Waals surface area contributed by atoms with Crippen LogP contribution in [0.25, 0.3) is 0 Å². The first-order valence-electron chi connectivity index (χ1n) is 8.63. The standard InChI is InChI=1S/C19H17Cl2NO7S/c1-9(2)11-6-10(28-3)7-14-15(11)18(24)22(30(14,26)27)8-29-19(25)16-12(20)4-5-13(23)17(16)21/h4-7,9,23H,8H2,1-3H3. The van der Waals surface area contributed by atoms with Crippen LogP contribution in [0.5, 0.6) is 11.5 Å². The van der Waals surface area contributed by atoms with E-state index in [9.17, 15) is 23.1 Å². The van der Waals surface area contributed by atoms with Crippen molar-refractivity contribution in [3.63, 3.8) is 0 Å². The van der Waals surface area contributed by atoms with Crippen LogP contribution in [0.3, 0.4) is 0 Å². The van der Waals surface area contributed by atoms with Gasteiger partial charge < -0.3 is 14.6 Å². The molecule has 0 bridgehead atoms. The molecule has 0 spiro atoms. The highest BCUT2D eigenvalue weighted by atomic mass is 35.5. The predicted octanol–water partition coefficient (Wildman–Crippen LogP) is 3.79. The normalized spacial score (nSPS) is 14.7. The molecule has 1 N–H and O–H groups in total. The molecule has 2 aromatic rings. The highest BCUT2D eigenvalue weighted by Crippen LogP contribution is 2.39. The van der Waals surface area contributed by atoms with Gasteiger partial charge in [0.1, 0.15) is 22.0 Å². The average Bonchev–Trinajstić information content (AvgIpc) is 2.88. The second-order valence-electron chi connectivity index (χ2n) is 6.72. The van der Waals surface area contributed by atoms with Crippen molar-refractivity contribution in [3.8, 4) is 11.5 Å². The van der Waals surface area contributed by atoms with Gasteiger partial charge in [0.05, 0.1) is 22.7 Å². The van der Waals surface area contributed by atoms with Gasteiger partial charge in [-0.25, -0.2) is 13.2 Å². The molecule has 0 unspecified atom stereocenters. The fourth-order valence-electron chi connectivity index (χ4n) is 3.01. The Morgan fingerprint density at radius 1 is 1.23 bits per heavy atom. The summed E-state index contributed by atoms with van der Waals surface area (Å²) >= 11 is 11.8. The summed E-state index contributed by atoms with van der Waals surface area (Å²) in [5.74, 6) is -2.20. The minimum absolute atomic E-state index is 0.00951. The largest absolute Gasteiger partial charge is 0.506 e. The van der Waals surface area contributed by atoms with Crippen molar-refractivity contribution in [2.24, 2.45) is 0 Å². The minimum Gasteiger partial charge on any atom is -0.506 e. The number of fused-ring (bicyclic) bond motifs is 1. The maximum atomic E-state index is 12.9. The van der Waals surface area contributed by atoms with Gasteiger partial charge in [-0.2, -0.15) is 4.31 Å². The second-order valence-corrected chi connectivity index (χ2v) is 9.34. The molecule has 0 aliphatic carbocycles. The minimum atomic E-state index is -4.28. The summed E-state index contributed by atoms with van der Waals surface area (Å²) in [4.78, 5) is 25.1. The number of methoxy groups -OCH3 is 1. The van der Waals surface area contributed by atoms with Crippen LogP contribution in [0.15, 0.2) is 29.2 Å². The molecule has 0 fully saturated rings. The lowest BCUT2D eigenvalue weighted by Crippen LogP contribution is -2.33. The first kappa shape index (κ1) is 22.2. The fraction of sp³-hybridized carbons (Fsp3) is 0.263. The third kappa shape index (κ3) is 3.57. The number of nitrogens with zero attached hydrogens (tertiary/aromatic N) is 1. The molecular formula is C19H17Cl2NO7S. The quantitative estimate of drug-likeness (QED) is 0.657. The summed E-state index contributed by atoms with van der Waals surface area (Å²) in [6.07, 6.45) is 0. The Kier molecular flexibility index (Phi) is 5.90. The van der Waals surface area contributed by atoms with Crippen molar-refractivity contribution in [2.75, 3.05) is 13.8 Å². The van der Waals surface area contributed by atoms with Gasteiger partial charge in [0.2, 0.25) is 0 Å². The number of carbonyl (C=O) groups excluding carboxylic acids is 2. The van der Waals surface area contributed by atoms with Crippen molar-refractivity contribution < 1.29 is 32.6 Å². The van der Waals surface area contributed by atoms with E-state index < -0.39 is 34.4 Å². The van der Waals surface area contributed by atoms with Crippen LogP contribution in [-0.2, 0) is 14.8 Å². The number of rotatable bonds is 5. The molecule has 0 saturated carbocycles. The molecular weight excluding hydrogens is 457 g/mol. The SMILES string of the molecule is COc1cc(C(C)C)c2c(c1)S(=O)(=O)N(COC(=O)c1c(Cl)ccc(O)c1Cl)C2=O. The Bertz CT molecular complexity index is 1160. The van der Waals surface area contributed by atoms with Gasteiger partial charge in [0, 0.05) is 6.07 Å². The highest BCUT2D eigenvalue weighted by Gasteiger charge is 2.44. The fourth-order valence-corrected chi connectivity index (χ4v) is 5.01. The molecule has 2 aromatic carbocycles. The first-order valence-corrected chi connectivity index (χ1v) is 10.8. The summed E-state index contributed by atoms with van der Waals surface area (Å²) in [5.41, 5.74) is 0.158. The monoisotopic (exact) mass is 473 g/mol. The molecule has 1 amide bonds.